The van der Waals surface area contributed by atoms with Crippen molar-refractivity contribution in [1.29, 1.82) is 0 Å². The summed E-state index contributed by atoms with van der Waals surface area (Å²) in [6.45, 7) is 11.9. The van der Waals surface area contributed by atoms with Crippen LogP contribution < -0.4 is 25.8 Å². The minimum absolute atomic E-state index is 0.109. The van der Waals surface area contributed by atoms with Gasteiger partial charge in [0, 0.05) is 53.8 Å². The number of alkyl halides is 1. The zero-order valence-corrected chi connectivity index (χ0v) is 23.9. The Balaban J connectivity index is 0.00000247. The molecule has 2 aromatic carbocycles. The monoisotopic (exact) mass is 540 g/mol. The zero-order chi connectivity index (χ0) is 28.1. The number of methoxy groups -OCH3 is 2. The van der Waals surface area contributed by atoms with Crippen LogP contribution in [0, 0.1) is 5.92 Å². The average molecular weight is 541 g/mol. The summed E-state index contributed by atoms with van der Waals surface area (Å²) in [6, 6.07) is 13.8. The van der Waals surface area contributed by atoms with Gasteiger partial charge in [-0.15, -0.1) is 11.6 Å². The summed E-state index contributed by atoms with van der Waals surface area (Å²) in [5.41, 5.74) is 11.1. The van der Waals surface area contributed by atoms with E-state index in [1.54, 1.807) is 14.2 Å². The number of allylic oxidation sites excluding steroid dienone is 1. The number of aromatic amines is 1. The molecule has 0 aliphatic carbocycles. The Kier molecular flexibility index (Phi) is 12.8. The summed E-state index contributed by atoms with van der Waals surface area (Å²) < 4.78 is 10.9. The number of hydrogen-bond acceptors (Lipinski definition) is 5. The molecule has 0 radical (unpaired) electrons. The highest BCUT2D eigenvalue weighted by Crippen LogP contribution is 2.35. The van der Waals surface area contributed by atoms with Gasteiger partial charge in [-0.25, -0.2) is 0 Å². The molecule has 0 saturated heterocycles. The first kappa shape index (κ1) is 30.8. The number of aromatic nitrogens is 1. The summed E-state index contributed by atoms with van der Waals surface area (Å²) in [5.74, 6) is 1.34. The third-order valence-corrected chi connectivity index (χ3v) is 6.45. The smallest absolute Gasteiger partial charge is 0.225 e. The van der Waals surface area contributed by atoms with Crippen LogP contribution >= 0.6 is 11.6 Å². The maximum absolute atomic E-state index is 12.8. The molecule has 0 aliphatic rings. The fraction of sp³-hybridized carbons (Fsp3) is 0.367. The van der Waals surface area contributed by atoms with Gasteiger partial charge in [-0.2, -0.15) is 0 Å². The fourth-order valence-corrected chi connectivity index (χ4v) is 4.49. The molecule has 7 nitrogen and oxygen atoms in total. The molecule has 0 spiro atoms. The number of nitrogens with one attached hydrogen (secondary N) is 3. The molecule has 8 heteroatoms. The van der Waals surface area contributed by atoms with Gasteiger partial charge in [0.15, 0.2) is 11.5 Å². The molecule has 206 valence electrons. The van der Waals surface area contributed by atoms with Crippen LogP contribution in [-0.4, -0.2) is 50.6 Å². The number of H-pyrrole nitrogens is 1. The van der Waals surface area contributed by atoms with E-state index < -0.39 is 0 Å². The van der Waals surface area contributed by atoms with Gasteiger partial charge in [0.2, 0.25) is 5.91 Å². The van der Waals surface area contributed by atoms with E-state index >= 15 is 0 Å². The van der Waals surface area contributed by atoms with Crippen molar-refractivity contribution in [2.75, 3.05) is 39.7 Å². The van der Waals surface area contributed by atoms with Crippen molar-refractivity contribution in [3.05, 3.63) is 71.9 Å². The van der Waals surface area contributed by atoms with Crippen molar-refractivity contribution < 1.29 is 14.3 Å². The zero-order valence-electron chi connectivity index (χ0n) is 23.1. The number of fused-ring (bicyclic) bond motifs is 1. The highest BCUT2D eigenvalue weighted by molar-refractivity contribution is 6.18. The van der Waals surface area contributed by atoms with Crippen LogP contribution in [0.4, 0.5) is 0 Å². The molecular weight excluding hydrogens is 500 g/mol. The average Bonchev–Trinajstić information content (AvgIpc) is 3.36. The second-order valence-electron chi connectivity index (χ2n) is 8.38. The lowest BCUT2D eigenvalue weighted by Crippen LogP contribution is -2.32. The van der Waals surface area contributed by atoms with Gasteiger partial charge in [0.1, 0.15) is 0 Å². The van der Waals surface area contributed by atoms with E-state index in [4.69, 9.17) is 26.8 Å². The van der Waals surface area contributed by atoms with Crippen molar-refractivity contribution in [2.45, 2.75) is 27.2 Å². The van der Waals surface area contributed by atoms with Crippen LogP contribution in [0.15, 0.2) is 55.1 Å². The van der Waals surface area contributed by atoms with Crippen LogP contribution in [0.25, 0.3) is 22.2 Å². The van der Waals surface area contributed by atoms with Gasteiger partial charge in [-0.1, -0.05) is 50.8 Å². The van der Waals surface area contributed by atoms with Crippen molar-refractivity contribution >= 4 is 39.7 Å². The van der Waals surface area contributed by atoms with E-state index in [-0.39, 0.29) is 18.2 Å². The van der Waals surface area contributed by atoms with Crippen LogP contribution in [0.5, 0.6) is 11.5 Å². The quantitative estimate of drug-likeness (QED) is 0.219. The van der Waals surface area contributed by atoms with E-state index in [0.717, 1.165) is 39.0 Å². The maximum atomic E-state index is 12.8. The van der Waals surface area contributed by atoms with Crippen molar-refractivity contribution in [2.24, 2.45) is 11.7 Å². The van der Waals surface area contributed by atoms with E-state index in [2.05, 4.69) is 22.2 Å². The van der Waals surface area contributed by atoms with Crippen LogP contribution in [0.1, 0.15) is 37.6 Å². The van der Waals surface area contributed by atoms with Gasteiger partial charge in [-0.3, -0.25) is 4.79 Å². The number of halogens is 1. The number of carbonyl (C=O) groups excluding carboxylic acids is 1. The molecule has 0 bridgehead atoms. The Labute approximate surface area is 231 Å². The van der Waals surface area contributed by atoms with Crippen molar-refractivity contribution in [3.8, 4) is 11.5 Å². The Hall–Kier alpha value is -3.42. The largest absolute Gasteiger partial charge is 0.493 e. The van der Waals surface area contributed by atoms with E-state index in [1.165, 1.54) is 0 Å². The second kappa shape index (κ2) is 15.7. The van der Waals surface area contributed by atoms with Crippen LogP contribution in [0.3, 0.4) is 0 Å². The molecule has 5 N–H and O–H groups in total. The molecule has 1 aromatic heterocycles. The van der Waals surface area contributed by atoms with Gasteiger partial charge in [0.05, 0.1) is 26.2 Å². The van der Waals surface area contributed by atoms with Gasteiger partial charge in [0.25, 0.3) is 0 Å². The SMILES string of the molecule is C=C(c1ccccc1/C(=C\C)NCCN)C(CCl)CNC(=O)Cc1cc2ccc(OC)c(OC)c2[nH]1.CC. The first-order valence-electron chi connectivity index (χ1n) is 12.9. The van der Waals surface area contributed by atoms with E-state index in [9.17, 15) is 4.79 Å². The predicted molar refractivity (Wildman–Crippen MR) is 160 cm³/mol. The van der Waals surface area contributed by atoms with E-state index in [0.29, 0.717) is 37.0 Å². The molecule has 3 rings (SSSR count). The minimum atomic E-state index is -0.128. The second-order valence-corrected chi connectivity index (χ2v) is 8.69. The van der Waals surface area contributed by atoms with Gasteiger partial charge < -0.3 is 30.8 Å². The summed E-state index contributed by atoms with van der Waals surface area (Å²) >= 11 is 6.33. The lowest BCUT2D eigenvalue weighted by molar-refractivity contribution is -0.120. The minimum Gasteiger partial charge on any atom is -0.493 e. The van der Waals surface area contributed by atoms with Crippen LogP contribution in [-0.2, 0) is 11.2 Å². The van der Waals surface area contributed by atoms with Gasteiger partial charge in [-0.05, 0) is 36.3 Å². The molecule has 0 fully saturated rings. The lowest BCUT2D eigenvalue weighted by Gasteiger charge is -2.22. The summed E-state index contributed by atoms with van der Waals surface area (Å²) in [7, 11) is 3.19. The van der Waals surface area contributed by atoms with Gasteiger partial charge >= 0.3 is 0 Å². The van der Waals surface area contributed by atoms with Crippen molar-refractivity contribution in [1.82, 2.24) is 15.6 Å². The number of amides is 1. The highest BCUT2D eigenvalue weighted by Gasteiger charge is 2.19. The molecule has 3 aromatic rings. The Morgan fingerprint density at radius 1 is 1.13 bits per heavy atom. The molecule has 38 heavy (non-hydrogen) atoms. The summed E-state index contributed by atoms with van der Waals surface area (Å²) in [5, 5.41) is 7.33. The maximum Gasteiger partial charge on any atom is 0.225 e. The Morgan fingerprint density at radius 2 is 1.84 bits per heavy atom. The number of ether oxygens (including phenoxy) is 2. The highest BCUT2D eigenvalue weighted by atomic mass is 35.5. The molecule has 1 atom stereocenters. The first-order chi connectivity index (χ1) is 18.5. The normalized spacial score (nSPS) is 11.8. The predicted octanol–water partition coefficient (Wildman–Crippen LogP) is 5.35. The number of benzene rings is 2. The lowest BCUT2D eigenvalue weighted by atomic mass is 9.90. The molecule has 1 unspecified atom stereocenters. The van der Waals surface area contributed by atoms with Crippen molar-refractivity contribution in [3.63, 3.8) is 0 Å². The fourth-order valence-electron chi connectivity index (χ4n) is 4.19. The molecule has 0 aliphatic heterocycles. The topological polar surface area (TPSA) is 101 Å². The molecule has 1 amide bonds. The molecule has 1 heterocycles. The number of carbonyl (C=O) groups is 1. The summed E-state index contributed by atoms with van der Waals surface area (Å²) in [6.07, 6.45) is 2.22. The Morgan fingerprint density at radius 3 is 2.45 bits per heavy atom. The third-order valence-electron chi connectivity index (χ3n) is 6.08. The Bertz CT molecular complexity index is 1240. The first-order valence-corrected chi connectivity index (χ1v) is 13.4. The number of hydrogen-bond donors (Lipinski definition) is 4. The molecular formula is C30H41ClN4O3. The number of rotatable bonds is 13. The van der Waals surface area contributed by atoms with Crippen LogP contribution in [0.2, 0.25) is 0 Å². The molecule has 0 saturated carbocycles. The number of nitrogens with two attached hydrogens (primary N) is 1. The van der Waals surface area contributed by atoms with E-state index in [1.807, 2.05) is 69.3 Å². The standard InChI is InChI=1S/C28H35ClN4O3.C2H6/c1-5-24(31-13-12-30)23-9-7-6-8-22(23)18(2)20(16-29)17-32-26(34)15-21-14-19-10-11-25(35-3)28(36-4)27(19)33-21;1-2/h5-11,14,20,31,33H,2,12-13,15-17,30H2,1,3-4H3,(H,32,34);1-2H3/b24-5+;. The summed E-state index contributed by atoms with van der Waals surface area (Å²) in [4.78, 5) is 16.1. The third kappa shape index (κ3) is 7.55.